The summed E-state index contributed by atoms with van der Waals surface area (Å²) < 4.78 is 7.31. The molecule has 0 spiro atoms. The molecule has 2 aromatic rings. The molecule has 6 nitrogen and oxygen atoms in total. The zero-order valence-corrected chi connectivity index (χ0v) is 10.3. The van der Waals surface area contributed by atoms with Crippen molar-refractivity contribution in [3.8, 4) is 0 Å². The van der Waals surface area contributed by atoms with E-state index in [1.165, 1.54) is 0 Å². The SMILES string of the molecule is CCCn1nncc1NC(C)c1ncc(C)o1. The Bertz CT molecular complexity index is 476. The molecule has 0 aliphatic carbocycles. The fourth-order valence-corrected chi connectivity index (χ4v) is 1.60. The van der Waals surface area contributed by atoms with Gasteiger partial charge in [0.1, 0.15) is 17.6 Å². The van der Waals surface area contributed by atoms with E-state index in [1.54, 1.807) is 12.4 Å². The molecular weight excluding hydrogens is 218 g/mol. The predicted octanol–water partition coefficient (Wildman–Crippen LogP) is 2.16. The van der Waals surface area contributed by atoms with Crippen LogP contribution in [0.1, 0.15) is 38.0 Å². The topological polar surface area (TPSA) is 68.8 Å². The lowest BCUT2D eigenvalue weighted by atomic mass is 10.3. The van der Waals surface area contributed by atoms with Crippen LogP contribution in [-0.2, 0) is 6.54 Å². The highest BCUT2D eigenvalue weighted by molar-refractivity contribution is 5.33. The maximum Gasteiger partial charge on any atom is 0.216 e. The minimum absolute atomic E-state index is 0.00203. The molecule has 0 radical (unpaired) electrons. The summed E-state index contributed by atoms with van der Waals surface area (Å²) in [6, 6.07) is -0.00203. The number of anilines is 1. The maximum atomic E-state index is 5.47. The summed E-state index contributed by atoms with van der Waals surface area (Å²) in [5, 5.41) is 11.2. The molecule has 1 unspecified atom stereocenters. The van der Waals surface area contributed by atoms with E-state index in [2.05, 4.69) is 27.5 Å². The number of nitrogens with one attached hydrogen (secondary N) is 1. The van der Waals surface area contributed by atoms with Crippen molar-refractivity contribution in [3.63, 3.8) is 0 Å². The number of nitrogens with zero attached hydrogens (tertiary/aromatic N) is 4. The van der Waals surface area contributed by atoms with E-state index in [-0.39, 0.29) is 6.04 Å². The van der Waals surface area contributed by atoms with Crippen molar-refractivity contribution in [3.05, 3.63) is 24.0 Å². The third-order valence-corrected chi connectivity index (χ3v) is 2.43. The van der Waals surface area contributed by atoms with Gasteiger partial charge in [0, 0.05) is 6.54 Å². The summed E-state index contributed by atoms with van der Waals surface area (Å²) in [5.41, 5.74) is 0. The van der Waals surface area contributed by atoms with E-state index < -0.39 is 0 Å². The highest BCUT2D eigenvalue weighted by Crippen LogP contribution is 2.18. The molecule has 17 heavy (non-hydrogen) atoms. The Morgan fingerprint density at radius 2 is 2.29 bits per heavy atom. The summed E-state index contributed by atoms with van der Waals surface area (Å²) >= 11 is 0. The summed E-state index contributed by atoms with van der Waals surface area (Å²) in [4.78, 5) is 4.19. The van der Waals surface area contributed by atoms with E-state index >= 15 is 0 Å². The van der Waals surface area contributed by atoms with Crippen LogP contribution in [-0.4, -0.2) is 20.0 Å². The standard InChI is InChI=1S/C11H17N5O/c1-4-5-16-10(7-13-15-16)14-9(3)11-12-6-8(2)17-11/h6-7,9,14H,4-5H2,1-3H3. The molecule has 2 heterocycles. The Morgan fingerprint density at radius 1 is 1.47 bits per heavy atom. The van der Waals surface area contributed by atoms with E-state index in [9.17, 15) is 0 Å². The van der Waals surface area contributed by atoms with Gasteiger partial charge in [-0.25, -0.2) is 9.67 Å². The van der Waals surface area contributed by atoms with Crippen LogP contribution in [0.15, 0.2) is 16.8 Å². The first-order valence-electron chi connectivity index (χ1n) is 5.78. The molecule has 6 heteroatoms. The number of aryl methyl sites for hydroxylation is 2. The van der Waals surface area contributed by atoms with Crippen LogP contribution in [0.2, 0.25) is 0 Å². The van der Waals surface area contributed by atoms with Crippen LogP contribution in [0.4, 0.5) is 5.82 Å². The highest BCUT2D eigenvalue weighted by atomic mass is 16.4. The predicted molar refractivity (Wildman–Crippen MR) is 63.6 cm³/mol. The smallest absolute Gasteiger partial charge is 0.216 e. The van der Waals surface area contributed by atoms with Gasteiger partial charge in [0.15, 0.2) is 0 Å². The molecule has 1 atom stereocenters. The van der Waals surface area contributed by atoms with E-state index in [1.807, 2.05) is 18.5 Å². The van der Waals surface area contributed by atoms with Crippen LogP contribution >= 0.6 is 0 Å². The molecule has 0 saturated heterocycles. The van der Waals surface area contributed by atoms with Gasteiger partial charge < -0.3 is 9.73 Å². The molecule has 2 rings (SSSR count). The van der Waals surface area contributed by atoms with Gasteiger partial charge in [-0.2, -0.15) is 0 Å². The number of rotatable bonds is 5. The van der Waals surface area contributed by atoms with Gasteiger partial charge in [-0.3, -0.25) is 0 Å². The molecular formula is C11H17N5O. The van der Waals surface area contributed by atoms with E-state index in [0.717, 1.165) is 24.5 Å². The highest BCUT2D eigenvalue weighted by Gasteiger charge is 2.13. The fraction of sp³-hybridized carbons (Fsp3) is 0.545. The van der Waals surface area contributed by atoms with Crippen LogP contribution in [0.25, 0.3) is 0 Å². The monoisotopic (exact) mass is 235 g/mol. The molecule has 0 aromatic carbocycles. The first kappa shape index (κ1) is 11.6. The fourth-order valence-electron chi connectivity index (χ4n) is 1.60. The van der Waals surface area contributed by atoms with E-state index in [4.69, 9.17) is 4.42 Å². The van der Waals surface area contributed by atoms with Crippen LogP contribution in [0.5, 0.6) is 0 Å². The summed E-state index contributed by atoms with van der Waals surface area (Å²) in [7, 11) is 0. The molecule has 2 aromatic heterocycles. The second-order valence-electron chi connectivity index (χ2n) is 4.02. The molecule has 1 N–H and O–H groups in total. The van der Waals surface area contributed by atoms with Crippen molar-refractivity contribution in [1.82, 2.24) is 20.0 Å². The Labute approximate surface area is 100 Å². The summed E-state index contributed by atoms with van der Waals surface area (Å²) in [6.07, 6.45) is 4.45. The van der Waals surface area contributed by atoms with Gasteiger partial charge in [-0.1, -0.05) is 12.1 Å². The van der Waals surface area contributed by atoms with Crippen LogP contribution in [0, 0.1) is 6.92 Å². The second kappa shape index (κ2) is 4.99. The number of hydrogen-bond acceptors (Lipinski definition) is 5. The summed E-state index contributed by atoms with van der Waals surface area (Å²) in [6.45, 7) is 6.83. The molecule has 92 valence electrons. The number of aromatic nitrogens is 4. The second-order valence-corrected chi connectivity index (χ2v) is 4.02. The van der Waals surface area contributed by atoms with E-state index in [0.29, 0.717) is 5.89 Å². The zero-order valence-electron chi connectivity index (χ0n) is 10.3. The Morgan fingerprint density at radius 3 is 2.94 bits per heavy atom. The lowest BCUT2D eigenvalue weighted by Crippen LogP contribution is -2.12. The quantitative estimate of drug-likeness (QED) is 0.860. The third kappa shape index (κ3) is 2.64. The van der Waals surface area contributed by atoms with Crippen molar-refractivity contribution in [1.29, 1.82) is 0 Å². The van der Waals surface area contributed by atoms with Gasteiger partial charge in [-0.15, -0.1) is 5.10 Å². The zero-order chi connectivity index (χ0) is 12.3. The van der Waals surface area contributed by atoms with Crippen LogP contribution < -0.4 is 5.32 Å². The average molecular weight is 235 g/mol. The molecule has 0 aliphatic rings. The normalized spacial score (nSPS) is 12.6. The van der Waals surface area contributed by atoms with Gasteiger partial charge in [0.25, 0.3) is 0 Å². The summed E-state index contributed by atoms with van der Waals surface area (Å²) in [5.74, 6) is 2.37. The molecule has 0 amide bonds. The van der Waals surface area contributed by atoms with Gasteiger partial charge >= 0.3 is 0 Å². The molecule has 0 saturated carbocycles. The first-order chi connectivity index (χ1) is 8.20. The Kier molecular flexibility index (Phi) is 3.41. The minimum atomic E-state index is -0.00203. The average Bonchev–Trinajstić information content (AvgIpc) is 2.89. The van der Waals surface area contributed by atoms with Gasteiger partial charge in [0.2, 0.25) is 5.89 Å². The Balaban J connectivity index is 2.07. The van der Waals surface area contributed by atoms with Crippen molar-refractivity contribution in [2.24, 2.45) is 0 Å². The van der Waals surface area contributed by atoms with Gasteiger partial charge in [0.05, 0.1) is 12.4 Å². The Hall–Kier alpha value is -1.85. The van der Waals surface area contributed by atoms with Gasteiger partial charge in [-0.05, 0) is 20.3 Å². The molecule has 0 aliphatic heterocycles. The van der Waals surface area contributed by atoms with Crippen molar-refractivity contribution in [2.45, 2.75) is 39.8 Å². The lowest BCUT2D eigenvalue weighted by molar-refractivity contribution is 0.451. The largest absolute Gasteiger partial charge is 0.444 e. The third-order valence-electron chi connectivity index (χ3n) is 2.43. The molecule has 0 fully saturated rings. The number of oxazole rings is 1. The minimum Gasteiger partial charge on any atom is -0.444 e. The molecule has 0 bridgehead atoms. The lowest BCUT2D eigenvalue weighted by Gasteiger charge is -2.12. The van der Waals surface area contributed by atoms with Crippen molar-refractivity contribution in [2.75, 3.05) is 5.32 Å². The van der Waals surface area contributed by atoms with Crippen molar-refractivity contribution < 1.29 is 4.42 Å². The maximum absolute atomic E-state index is 5.47. The number of hydrogen-bond donors (Lipinski definition) is 1. The van der Waals surface area contributed by atoms with Crippen LogP contribution in [0.3, 0.4) is 0 Å². The first-order valence-corrected chi connectivity index (χ1v) is 5.78. The van der Waals surface area contributed by atoms with Crippen molar-refractivity contribution >= 4 is 5.82 Å².